The Morgan fingerprint density at radius 2 is 2.14 bits per heavy atom. The molecule has 1 N–H and O–H groups in total. The highest BCUT2D eigenvalue weighted by Gasteiger charge is 2.31. The number of carbonyl (C=O) groups is 1. The summed E-state index contributed by atoms with van der Waals surface area (Å²) in [5.41, 5.74) is -0.607. The van der Waals surface area contributed by atoms with Gasteiger partial charge >= 0.3 is 5.97 Å². The van der Waals surface area contributed by atoms with E-state index in [1.54, 1.807) is 32.2 Å². The fourth-order valence-corrected chi connectivity index (χ4v) is 2.87. The number of para-hydroxylation sites is 1. The van der Waals surface area contributed by atoms with Gasteiger partial charge in [-0.05, 0) is 38.6 Å². The van der Waals surface area contributed by atoms with Crippen LogP contribution >= 0.6 is 11.8 Å². The number of benzene rings is 1. The van der Waals surface area contributed by atoms with Crippen LogP contribution in [0.15, 0.2) is 29.2 Å². The number of nitrogens with one attached hydrogen (secondary N) is 1. The summed E-state index contributed by atoms with van der Waals surface area (Å²) in [4.78, 5) is 22.9. The summed E-state index contributed by atoms with van der Waals surface area (Å²) in [6, 6.07) is 6.66. The molecular formula is C14H20N2O4S. The minimum absolute atomic E-state index is 0.117. The largest absolute Gasteiger partial charge is 0.468 e. The summed E-state index contributed by atoms with van der Waals surface area (Å²) >= 11 is 1.42. The molecular weight excluding hydrogens is 292 g/mol. The third-order valence-electron chi connectivity index (χ3n) is 3.33. The molecule has 0 heterocycles. The molecule has 0 radical (unpaired) electrons. The zero-order valence-electron chi connectivity index (χ0n) is 12.4. The topological polar surface area (TPSA) is 81.5 Å². The van der Waals surface area contributed by atoms with Crippen LogP contribution in [0.2, 0.25) is 0 Å². The maximum Gasteiger partial charge on any atom is 0.325 e. The molecule has 1 atom stereocenters. The molecule has 1 unspecified atom stereocenters. The van der Waals surface area contributed by atoms with E-state index >= 15 is 0 Å². The van der Waals surface area contributed by atoms with E-state index in [2.05, 4.69) is 5.32 Å². The van der Waals surface area contributed by atoms with Gasteiger partial charge in [0.1, 0.15) is 5.54 Å². The van der Waals surface area contributed by atoms with E-state index in [4.69, 9.17) is 4.74 Å². The van der Waals surface area contributed by atoms with E-state index in [1.807, 2.05) is 0 Å². The number of esters is 1. The number of likely N-dealkylation sites (N-methyl/N-ethyl adjacent to an activating group) is 1. The average molecular weight is 312 g/mol. The summed E-state index contributed by atoms with van der Waals surface area (Å²) in [5.74, 6) is 0.389. The van der Waals surface area contributed by atoms with Crippen molar-refractivity contribution < 1.29 is 14.5 Å². The van der Waals surface area contributed by atoms with Crippen molar-refractivity contribution in [1.29, 1.82) is 0 Å². The molecule has 21 heavy (non-hydrogen) atoms. The van der Waals surface area contributed by atoms with Gasteiger partial charge in [0, 0.05) is 6.07 Å². The summed E-state index contributed by atoms with van der Waals surface area (Å²) < 4.78 is 4.77. The van der Waals surface area contributed by atoms with Gasteiger partial charge in [-0.15, -0.1) is 11.8 Å². The van der Waals surface area contributed by atoms with Crippen LogP contribution in [0.5, 0.6) is 0 Å². The Kier molecular flexibility index (Phi) is 6.64. The highest BCUT2D eigenvalue weighted by Crippen LogP contribution is 2.29. The molecule has 7 heteroatoms. The lowest BCUT2D eigenvalue weighted by Crippen LogP contribution is -2.48. The zero-order valence-corrected chi connectivity index (χ0v) is 13.2. The molecule has 1 aromatic carbocycles. The number of nitro groups is 1. The van der Waals surface area contributed by atoms with Gasteiger partial charge in [0.05, 0.1) is 16.9 Å². The van der Waals surface area contributed by atoms with Crippen molar-refractivity contribution in [2.75, 3.05) is 19.9 Å². The summed E-state index contributed by atoms with van der Waals surface area (Å²) in [7, 11) is 3.08. The maximum atomic E-state index is 11.7. The van der Waals surface area contributed by atoms with E-state index in [1.165, 1.54) is 24.9 Å². The second-order valence-electron chi connectivity index (χ2n) is 4.75. The third-order valence-corrected chi connectivity index (χ3v) is 4.48. The molecule has 0 bridgehead atoms. The smallest absolute Gasteiger partial charge is 0.325 e. The molecule has 0 aromatic heterocycles. The van der Waals surface area contributed by atoms with E-state index < -0.39 is 5.54 Å². The molecule has 0 saturated carbocycles. The normalized spacial score (nSPS) is 13.5. The SMILES string of the molecule is CNC(C)(CCCSc1ccccc1[N+](=O)[O-])C(=O)OC. The van der Waals surface area contributed by atoms with Gasteiger partial charge in [-0.1, -0.05) is 12.1 Å². The number of methoxy groups -OCH3 is 1. The first-order valence-corrected chi connectivity index (χ1v) is 7.56. The van der Waals surface area contributed by atoms with Crippen molar-refractivity contribution >= 4 is 23.4 Å². The quantitative estimate of drug-likeness (QED) is 0.261. The highest BCUT2D eigenvalue weighted by molar-refractivity contribution is 7.99. The second kappa shape index (κ2) is 7.99. The number of nitrogens with zero attached hydrogens (tertiary/aromatic N) is 1. The molecule has 0 saturated heterocycles. The predicted molar refractivity (Wildman–Crippen MR) is 82.5 cm³/mol. The van der Waals surface area contributed by atoms with E-state index in [-0.39, 0.29) is 16.6 Å². The Labute approximate surface area is 128 Å². The van der Waals surface area contributed by atoms with Gasteiger partial charge in [0.15, 0.2) is 0 Å². The molecule has 0 aliphatic heterocycles. The number of thioether (sulfide) groups is 1. The van der Waals surface area contributed by atoms with E-state index in [9.17, 15) is 14.9 Å². The van der Waals surface area contributed by atoms with E-state index in [0.29, 0.717) is 17.1 Å². The van der Waals surface area contributed by atoms with Crippen molar-refractivity contribution in [3.05, 3.63) is 34.4 Å². The van der Waals surface area contributed by atoms with Crippen LogP contribution in [-0.2, 0) is 9.53 Å². The molecule has 0 spiro atoms. The monoisotopic (exact) mass is 312 g/mol. The standard InChI is InChI=1S/C14H20N2O4S/c1-14(15-2,13(17)20-3)9-6-10-21-12-8-5-4-7-11(12)16(18)19/h4-5,7-8,15H,6,9-10H2,1-3H3. The fraction of sp³-hybridized carbons (Fsp3) is 0.500. The molecule has 0 fully saturated rings. The number of hydrogen-bond donors (Lipinski definition) is 1. The van der Waals surface area contributed by atoms with Crippen molar-refractivity contribution in [2.45, 2.75) is 30.2 Å². The lowest BCUT2D eigenvalue weighted by atomic mass is 9.97. The van der Waals surface area contributed by atoms with Gasteiger partial charge in [-0.2, -0.15) is 0 Å². The maximum absolute atomic E-state index is 11.7. The van der Waals surface area contributed by atoms with E-state index in [0.717, 1.165) is 6.42 Å². The Balaban J connectivity index is 2.55. The number of carbonyl (C=O) groups excluding carboxylic acids is 1. The van der Waals surface area contributed by atoms with Crippen molar-refractivity contribution in [2.24, 2.45) is 0 Å². The van der Waals surface area contributed by atoms with Crippen LogP contribution < -0.4 is 5.32 Å². The Bertz CT molecular complexity index is 510. The van der Waals surface area contributed by atoms with Gasteiger partial charge in [0.2, 0.25) is 0 Å². The van der Waals surface area contributed by atoms with Crippen molar-refractivity contribution in [3.63, 3.8) is 0 Å². The fourth-order valence-electron chi connectivity index (χ4n) is 1.89. The van der Waals surface area contributed by atoms with Gasteiger partial charge in [0.25, 0.3) is 5.69 Å². The molecule has 116 valence electrons. The van der Waals surface area contributed by atoms with Crippen LogP contribution in [0.25, 0.3) is 0 Å². The summed E-state index contributed by atoms with van der Waals surface area (Å²) in [6.45, 7) is 1.79. The highest BCUT2D eigenvalue weighted by atomic mass is 32.2. The lowest BCUT2D eigenvalue weighted by molar-refractivity contribution is -0.387. The average Bonchev–Trinajstić information content (AvgIpc) is 2.50. The molecule has 0 amide bonds. The number of rotatable bonds is 8. The molecule has 6 nitrogen and oxygen atoms in total. The molecule has 1 aromatic rings. The predicted octanol–water partition coefficient (Wildman–Crippen LogP) is 2.62. The Morgan fingerprint density at radius 3 is 2.71 bits per heavy atom. The first-order valence-electron chi connectivity index (χ1n) is 6.58. The molecule has 0 aliphatic rings. The van der Waals surface area contributed by atoms with Crippen LogP contribution in [0.1, 0.15) is 19.8 Å². The summed E-state index contributed by atoms with van der Waals surface area (Å²) in [5, 5.41) is 13.9. The first-order chi connectivity index (χ1) is 9.94. The minimum Gasteiger partial charge on any atom is -0.468 e. The zero-order chi connectivity index (χ0) is 15.9. The second-order valence-corrected chi connectivity index (χ2v) is 5.89. The Morgan fingerprint density at radius 1 is 1.48 bits per heavy atom. The first kappa shape index (κ1) is 17.5. The number of nitro benzene ring substituents is 1. The van der Waals surface area contributed by atoms with Gasteiger partial charge in [-0.25, -0.2) is 0 Å². The van der Waals surface area contributed by atoms with Crippen LogP contribution in [0.3, 0.4) is 0 Å². The van der Waals surface area contributed by atoms with Crippen LogP contribution in [0, 0.1) is 10.1 Å². The molecule has 0 aliphatic carbocycles. The third kappa shape index (κ3) is 4.71. The molecule has 1 rings (SSSR count). The van der Waals surface area contributed by atoms with Crippen molar-refractivity contribution in [1.82, 2.24) is 5.32 Å². The lowest BCUT2D eigenvalue weighted by Gasteiger charge is -2.25. The van der Waals surface area contributed by atoms with Crippen molar-refractivity contribution in [3.8, 4) is 0 Å². The Hall–Kier alpha value is -1.60. The van der Waals surface area contributed by atoms with Gasteiger partial charge in [-0.3, -0.25) is 14.9 Å². The number of hydrogen-bond acceptors (Lipinski definition) is 6. The van der Waals surface area contributed by atoms with Crippen LogP contribution in [0.4, 0.5) is 5.69 Å². The van der Waals surface area contributed by atoms with Crippen LogP contribution in [-0.4, -0.2) is 36.3 Å². The van der Waals surface area contributed by atoms with Gasteiger partial charge < -0.3 is 10.1 Å². The minimum atomic E-state index is -0.724. The number of ether oxygens (including phenoxy) is 1. The summed E-state index contributed by atoms with van der Waals surface area (Å²) in [6.07, 6.45) is 1.34.